The van der Waals surface area contributed by atoms with Crippen LogP contribution in [-0.2, 0) is 19.2 Å². The molecule has 2 saturated heterocycles. The van der Waals surface area contributed by atoms with E-state index in [9.17, 15) is 19.2 Å². The average Bonchev–Trinajstić information content (AvgIpc) is 2.66. The number of aliphatic hydroxyl groups is 2. The quantitative estimate of drug-likeness (QED) is 0.311. The van der Waals surface area contributed by atoms with Gasteiger partial charge in [0.05, 0.1) is 12.1 Å². The van der Waals surface area contributed by atoms with Crippen molar-refractivity contribution in [3.05, 3.63) is 0 Å². The summed E-state index contributed by atoms with van der Waals surface area (Å²) in [5.74, 6) is -1.41. The summed E-state index contributed by atoms with van der Waals surface area (Å²) < 4.78 is 0. The van der Waals surface area contributed by atoms with Crippen LogP contribution in [0.3, 0.4) is 0 Å². The molecule has 2 heterocycles. The average molecular weight is 342 g/mol. The summed E-state index contributed by atoms with van der Waals surface area (Å²) in [6, 6.07) is -2.93. The number of amides is 3. The van der Waals surface area contributed by atoms with E-state index in [-0.39, 0.29) is 25.2 Å². The number of aliphatic hydroxyl groups excluding tert-OH is 1. The van der Waals surface area contributed by atoms with E-state index >= 15 is 0 Å². The molecular weight excluding hydrogens is 320 g/mol. The van der Waals surface area contributed by atoms with Crippen LogP contribution in [0.4, 0.5) is 0 Å². The zero-order chi connectivity index (χ0) is 17.9. The molecule has 5 N–H and O–H groups in total. The van der Waals surface area contributed by atoms with Crippen molar-refractivity contribution >= 4 is 24.0 Å². The number of hydrogen-bond donors (Lipinski definition) is 4. The summed E-state index contributed by atoms with van der Waals surface area (Å²) in [4.78, 5) is 48.0. The summed E-state index contributed by atoms with van der Waals surface area (Å²) in [6.45, 7) is 0.327. The Hall–Kier alpha value is -2.04. The lowest BCUT2D eigenvalue weighted by Crippen LogP contribution is -2.63. The van der Waals surface area contributed by atoms with Crippen LogP contribution in [-0.4, -0.2) is 75.2 Å². The van der Waals surface area contributed by atoms with Crippen LogP contribution in [0, 0.1) is 0 Å². The molecule has 0 unspecified atom stereocenters. The molecule has 3 atom stereocenters. The molecule has 0 aliphatic carbocycles. The minimum atomic E-state index is -1.75. The number of nitrogens with two attached hydrogens (primary N) is 1. The van der Waals surface area contributed by atoms with Crippen molar-refractivity contribution in [1.82, 2.24) is 15.3 Å². The molecule has 2 rings (SSSR count). The lowest BCUT2D eigenvalue weighted by Gasteiger charge is -2.42. The maximum atomic E-state index is 12.5. The third-order valence-electron chi connectivity index (χ3n) is 4.16. The minimum absolute atomic E-state index is 0.130. The first-order valence-corrected chi connectivity index (χ1v) is 7.86. The topological polar surface area (TPSA) is 153 Å². The van der Waals surface area contributed by atoms with Crippen molar-refractivity contribution in [3.8, 4) is 0 Å². The van der Waals surface area contributed by atoms with Gasteiger partial charge in [0, 0.05) is 19.4 Å². The number of hydrogen-bond acceptors (Lipinski definition) is 7. The van der Waals surface area contributed by atoms with Crippen molar-refractivity contribution in [2.75, 3.05) is 6.54 Å². The van der Waals surface area contributed by atoms with E-state index in [4.69, 9.17) is 15.9 Å². The Morgan fingerprint density at radius 3 is 2.71 bits per heavy atom. The predicted octanol–water partition coefficient (Wildman–Crippen LogP) is -2.77. The molecule has 0 bridgehead atoms. The van der Waals surface area contributed by atoms with E-state index in [1.807, 2.05) is 0 Å². The van der Waals surface area contributed by atoms with Gasteiger partial charge in [0.25, 0.3) is 5.91 Å². The molecule has 0 spiro atoms. The van der Waals surface area contributed by atoms with Crippen LogP contribution < -0.4 is 11.1 Å². The van der Waals surface area contributed by atoms with Gasteiger partial charge in [-0.3, -0.25) is 19.4 Å². The Bertz CT molecular complexity index is 525. The Labute approximate surface area is 138 Å². The smallest absolute Gasteiger partial charge is 0.258 e. The maximum Gasteiger partial charge on any atom is 0.258 e. The maximum absolute atomic E-state index is 12.5. The Morgan fingerprint density at radius 2 is 2.08 bits per heavy atom. The van der Waals surface area contributed by atoms with Crippen LogP contribution in [0.25, 0.3) is 0 Å². The summed E-state index contributed by atoms with van der Waals surface area (Å²) in [7, 11) is 0. The monoisotopic (exact) mass is 342 g/mol. The molecule has 2 fully saturated rings. The fourth-order valence-electron chi connectivity index (χ4n) is 2.95. The standard InChI is InChI=1S/C14H22N4O6/c15-9-3-4-11(20)17-5-1-2-10(18(17)14(9)24)13(23)16-8(7-19)6-12(21)22/h7-10,12,21-22H,1-6,15H2,(H,16,23)/t8-,9-,10-/m0/s1. The number of aldehydes is 1. The molecule has 3 amide bonds. The highest BCUT2D eigenvalue weighted by Crippen LogP contribution is 2.24. The number of nitrogens with zero attached hydrogens (tertiary/aromatic N) is 2. The predicted molar refractivity (Wildman–Crippen MR) is 79.6 cm³/mol. The largest absolute Gasteiger partial charge is 0.368 e. The third kappa shape index (κ3) is 3.89. The second-order valence-electron chi connectivity index (χ2n) is 5.97. The third-order valence-corrected chi connectivity index (χ3v) is 4.16. The first kappa shape index (κ1) is 18.3. The van der Waals surface area contributed by atoms with Crippen molar-refractivity contribution in [1.29, 1.82) is 0 Å². The van der Waals surface area contributed by atoms with Gasteiger partial charge >= 0.3 is 0 Å². The molecule has 134 valence electrons. The SMILES string of the molecule is N[C@H]1CCC(=O)N2CCC[C@@H](C(=O)N[C@H](C=O)CC(O)O)N2C1=O. The van der Waals surface area contributed by atoms with Crippen LogP contribution in [0.5, 0.6) is 0 Å². The van der Waals surface area contributed by atoms with Gasteiger partial charge in [-0.1, -0.05) is 0 Å². The molecule has 0 aromatic rings. The molecule has 24 heavy (non-hydrogen) atoms. The molecule has 0 saturated carbocycles. The minimum Gasteiger partial charge on any atom is -0.368 e. The summed E-state index contributed by atoms with van der Waals surface area (Å²) in [5, 5.41) is 22.6. The van der Waals surface area contributed by atoms with E-state index in [1.54, 1.807) is 0 Å². The lowest BCUT2D eigenvalue weighted by molar-refractivity contribution is -0.176. The fourth-order valence-corrected chi connectivity index (χ4v) is 2.95. The van der Waals surface area contributed by atoms with Crippen LogP contribution in [0.15, 0.2) is 0 Å². The van der Waals surface area contributed by atoms with Crippen LogP contribution >= 0.6 is 0 Å². The van der Waals surface area contributed by atoms with Crippen molar-refractivity contribution < 1.29 is 29.4 Å². The zero-order valence-electron chi connectivity index (χ0n) is 13.1. The number of nitrogens with one attached hydrogen (secondary N) is 1. The molecule has 10 nitrogen and oxygen atoms in total. The second kappa shape index (κ2) is 7.69. The van der Waals surface area contributed by atoms with Crippen LogP contribution in [0.1, 0.15) is 32.1 Å². The first-order valence-electron chi connectivity index (χ1n) is 7.86. The van der Waals surface area contributed by atoms with Gasteiger partial charge in [-0.15, -0.1) is 0 Å². The molecule has 0 radical (unpaired) electrons. The highest BCUT2D eigenvalue weighted by atomic mass is 16.5. The number of fused-ring (bicyclic) bond motifs is 1. The number of carbonyl (C=O) groups is 4. The van der Waals surface area contributed by atoms with E-state index in [1.165, 1.54) is 5.01 Å². The van der Waals surface area contributed by atoms with Gasteiger partial charge in [-0.25, -0.2) is 5.01 Å². The second-order valence-corrected chi connectivity index (χ2v) is 5.97. The Morgan fingerprint density at radius 1 is 1.38 bits per heavy atom. The van der Waals surface area contributed by atoms with E-state index in [0.717, 1.165) is 5.01 Å². The summed E-state index contributed by atoms with van der Waals surface area (Å²) >= 11 is 0. The number of hydrazine groups is 1. The van der Waals surface area contributed by atoms with E-state index in [2.05, 4.69) is 5.32 Å². The molecular formula is C14H22N4O6. The highest BCUT2D eigenvalue weighted by molar-refractivity contribution is 5.94. The molecule has 2 aliphatic heterocycles. The molecule has 0 aromatic heterocycles. The first-order chi connectivity index (χ1) is 11.3. The van der Waals surface area contributed by atoms with Crippen molar-refractivity contribution in [2.24, 2.45) is 5.73 Å². The van der Waals surface area contributed by atoms with Gasteiger partial charge in [-0.05, 0) is 19.3 Å². The Balaban J connectivity index is 2.18. The zero-order valence-corrected chi connectivity index (χ0v) is 13.1. The fraction of sp³-hybridized carbons (Fsp3) is 0.714. The van der Waals surface area contributed by atoms with Gasteiger partial charge in [0.15, 0.2) is 6.29 Å². The molecule has 2 aliphatic rings. The van der Waals surface area contributed by atoms with Gasteiger partial charge in [0.1, 0.15) is 12.3 Å². The van der Waals surface area contributed by atoms with E-state index < -0.39 is 36.2 Å². The highest BCUT2D eigenvalue weighted by Gasteiger charge is 2.43. The summed E-state index contributed by atoms with van der Waals surface area (Å²) in [5.41, 5.74) is 5.78. The lowest BCUT2D eigenvalue weighted by atomic mass is 10.1. The van der Waals surface area contributed by atoms with Crippen molar-refractivity contribution in [2.45, 2.75) is 56.5 Å². The molecule has 0 aromatic carbocycles. The molecule has 10 heteroatoms. The van der Waals surface area contributed by atoms with Gasteiger partial charge in [0.2, 0.25) is 11.8 Å². The number of rotatable bonds is 5. The normalized spacial score (nSPS) is 26.0. The number of carbonyl (C=O) groups excluding carboxylic acids is 4. The van der Waals surface area contributed by atoms with Crippen LogP contribution in [0.2, 0.25) is 0 Å². The summed E-state index contributed by atoms with van der Waals surface area (Å²) in [6.07, 6.45) is -0.536. The van der Waals surface area contributed by atoms with E-state index in [0.29, 0.717) is 25.7 Å². The van der Waals surface area contributed by atoms with Gasteiger partial charge in [-0.2, -0.15) is 0 Å². The Kier molecular flexibility index (Phi) is 5.86. The van der Waals surface area contributed by atoms with Crippen molar-refractivity contribution in [3.63, 3.8) is 0 Å². The van der Waals surface area contributed by atoms with Gasteiger partial charge < -0.3 is 26.1 Å².